The number of benzene rings is 6. The molecule has 0 radical (unpaired) electrons. The fourth-order valence-corrected chi connectivity index (χ4v) is 7.08. The minimum atomic E-state index is -0.0322. The quantitative estimate of drug-likeness (QED) is 0.192. The van der Waals surface area contributed by atoms with Gasteiger partial charge in [0.2, 0.25) is 0 Å². The van der Waals surface area contributed by atoms with Crippen molar-refractivity contribution in [2.75, 3.05) is 0 Å². The van der Waals surface area contributed by atoms with Crippen LogP contribution in [0, 0.1) is 0 Å². The molecule has 212 valence electrons. The van der Waals surface area contributed by atoms with Crippen LogP contribution in [0.15, 0.2) is 131 Å². The normalized spacial score (nSPS) is 12.3. The molecule has 0 spiro atoms. The van der Waals surface area contributed by atoms with E-state index in [1.165, 1.54) is 16.3 Å². The van der Waals surface area contributed by atoms with Gasteiger partial charge in [0.1, 0.15) is 16.2 Å². The van der Waals surface area contributed by atoms with Crippen molar-refractivity contribution in [1.82, 2.24) is 4.98 Å². The lowest BCUT2D eigenvalue weighted by Crippen LogP contribution is -2.11. The van der Waals surface area contributed by atoms with Crippen molar-refractivity contribution < 1.29 is 4.42 Å². The number of aliphatic imine (C=N–C) groups is 1. The maximum atomic E-state index is 6.48. The summed E-state index contributed by atoms with van der Waals surface area (Å²) in [6.07, 6.45) is 1.97. The molecule has 0 amide bonds. The highest BCUT2D eigenvalue weighted by Gasteiger charge is 2.22. The third-order valence-corrected chi connectivity index (χ3v) is 9.39. The molecular formula is C40H30N2OS. The van der Waals surface area contributed by atoms with Gasteiger partial charge in [0.15, 0.2) is 0 Å². The minimum Gasteiger partial charge on any atom is -0.455 e. The maximum Gasteiger partial charge on any atom is 0.143 e. The summed E-state index contributed by atoms with van der Waals surface area (Å²) in [6.45, 7) is 6.79. The third-order valence-electron chi connectivity index (χ3n) is 8.36. The predicted octanol–water partition coefficient (Wildman–Crippen LogP) is 11.7. The highest BCUT2D eigenvalue weighted by atomic mass is 32.1. The third kappa shape index (κ3) is 4.50. The molecule has 4 heteroatoms. The van der Waals surface area contributed by atoms with E-state index in [0.717, 1.165) is 65.1 Å². The van der Waals surface area contributed by atoms with Gasteiger partial charge in [0.05, 0.1) is 15.9 Å². The maximum absolute atomic E-state index is 6.48. The largest absolute Gasteiger partial charge is 0.455 e. The lowest BCUT2D eigenvalue weighted by atomic mass is 9.85. The first-order valence-electron chi connectivity index (χ1n) is 14.9. The summed E-state index contributed by atoms with van der Waals surface area (Å²) < 4.78 is 7.64. The molecule has 0 aliphatic heterocycles. The predicted molar refractivity (Wildman–Crippen MR) is 188 cm³/mol. The van der Waals surface area contributed by atoms with Crippen molar-refractivity contribution in [3.05, 3.63) is 132 Å². The Balaban J connectivity index is 1.31. The van der Waals surface area contributed by atoms with E-state index in [1.54, 1.807) is 11.3 Å². The molecule has 0 aliphatic carbocycles. The van der Waals surface area contributed by atoms with Crippen LogP contribution in [0.1, 0.15) is 31.9 Å². The standard InChI is InChI=1S/C40H30N2OS/c1-40(2,3)27-22-33(31-19-11-18-30-29-16-7-9-21-35(29)43-38(30)31)37-36(23-27)44-39(42-37)32-17-6-8-20-34(32)41-24-26-14-10-13-25-12-4-5-15-28(25)26/h4-24H,1-3H3. The fourth-order valence-electron chi connectivity index (χ4n) is 6.01. The molecule has 8 rings (SSSR count). The fraction of sp³-hybridized carbons (Fsp3) is 0.100. The number of aromatic nitrogens is 1. The SMILES string of the molecule is CC(C)(C)c1cc(-c2cccc3c2oc2ccccc23)c2nc(-c3ccccc3N=Cc3cccc4ccccc34)sc2c1. The number of hydrogen-bond donors (Lipinski definition) is 0. The Bertz CT molecular complexity index is 2380. The zero-order valence-corrected chi connectivity index (χ0v) is 25.7. The minimum absolute atomic E-state index is 0.0322. The Morgan fingerprint density at radius 1 is 0.682 bits per heavy atom. The number of furan rings is 1. The van der Waals surface area contributed by atoms with Crippen LogP contribution in [-0.4, -0.2) is 11.2 Å². The van der Waals surface area contributed by atoms with E-state index in [9.17, 15) is 0 Å². The van der Waals surface area contributed by atoms with Crippen LogP contribution in [0.5, 0.6) is 0 Å². The van der Waals surface area contributed by atoms with Crippen molar-refractivity contribution in [3.63, 3.8) is 0 Å². The van der Waals surface area contributed by atoms with Gasteiger partial charge in [0.25, 0.3) is 0 Å². The van der Waals surface area contributed by atoms with Gasteiger partial charge in [-0.25, -0.2) is 4.98 Å². The number of nitrogens with zero attached hydrogens (tertiary/aromatic N) is 2. The highest BCUT2D eigenvalue weighted by molar-refractivity contribution is 7.21. The van der Waals surface area contributed by atoms with E-state index in [0.29, 0.717) is 0 Å². The van der Waals surface area contributed by atoms with E-state index in [2.05, 4.69) is 124 Å². The van der Waals surface area contributed by atoms with Gasteiger partial charge < -0.3 is 4.42 Å². The summed E-state index contributed by atoms with van der Waals surface area (Å²) >= 11 is 1.72. The summed E-state index contributed by atoms with van der Waals surface area (Å²) in [4.78, 5) is 10.3. The number of thiazole rings is 1. The molecule has 0 bridgehead atoms. The molecule has 2 heterocycles. The van der Waals surface area contributed by atoms with Gasteiger partial charge in [0, 0.05) is 39.2 Å². The summed E-state index contributed by atoms with van der Waals surface area (Å²) in [7, 11) is 0. The van der Waals surface area contributed by atoms with Crippen molar-refractivity contribution >= 4 is 66.2 Å². The summed E-state index contributed by atoms with van der Waals surface area (Å²) in [6, 6.07) is 42.4. The van der Waals surface area contributed by atoms with Crippen LogP contribution < -0.4 is 0 Å². The number of rotatable bonds is 4. The van der Waals surface area contributed by atoms with Gasteiger partial charge in [-0.2, -0.15) is 0 Å². The number of hydrogen-bond acceptors (Lipinski definition) is 4. The number of para-hydroxylation sites is 3. The van der Waals surface area contributed by atoms with Crippen molar-refractivity contribution in [2.24, 2.45) is 4.99 Å². The molecule has 0 saturated carbocycles. The average Bonchev–Trinajstić information content (AvgIpc) is 3.65. The number of fused-ring (bicyclic) bond motifs is 5. The van der Waals surface area contributed by atoms with Crippen molar-refractivity contribution in [2.45, 2.75) is 26.2 Å². The van der Waals surface area contributed by atoms with Gasteiger partial charge in [-0.05, 0) is 52.1 Å². The molecule has 0 fully saturated rings. The Morgan fingerprint density at radius 2 is 1.39 bits per heavy atom. The van der Waals surface area contributed by atoms with Crippen LogP contribution >= 0.6 is 11.3 Å². The molecule has 0 aliphatic rings. The second kappa shape index (κ2) is 10.3. The van der Waals surface area contributed by atoms with Gasteiger partial charge in [-0.3, -0.25) is 4.99 Å². The molecule has 0 N–H and O–H groups in total. The van der Waals surface area contributed by atoms with Crippen LogP contribution in [-0.2, 0) is 5.41 Å². The molecule has 2 aromatic heterocycles. The van der Waals surface area contributed by atoms with Gasteiger partial charge in [-0.15, -0.1) is 11.3 Å². The lowest BCUT2D eigenvalue weighted by Gasteiger charge is -2.20. The second-order valence-electron chi connectivity index (χ2n) is 12.3. The molecule has 6 aromatic carbocycles. The van der Waals surface area contributed by atoms with Gasteiger partial charge >= 0.3 is 0 Å². The average molecular weight is 587 g/mol. The van der Waals surface area contributed by atoms with Crippen molar-refractivity contribution in [3.8, 4) is 21.7 Å². The smallest absolute Gasteiger partial charge is 0.143 e. The Hall–Kier alpha value is -5.06. The highest BCUT2D eigenvalue weighted by Crippen LogP contribution is 2.44. The van der Waals surface area contributed by atoms with E-state index >= 15 is 0 Å². The van der Waals surface area contributed by atoms with Crippen LogP contribution in [0.2, 0.25) is 0 Å². The monoisotopic (exact) mass is 586 g/mol. The van der Waals surface area contributed by atoms with Crippen LogP contribution in [0.4, 0.5) is 5.69 Å². The van der Waals surface area contributed by atoms with E-state index in [4.69, 9.17) is 14.4 Å². The van der Waals surface area contributed by atoms with E-state index < -0.39 is 0 Å². The zero-order chi connectivity index (χ0) is 29.8. The molecule has 3 nitrogen and oxygen atoms in total. The summed E-state index contributed by atoms with van der Waals surface area (Å²) in [5.74, 6) is 0. The topological polar surface area (TPSA) is 38.4 Å². The molecule has 0 saturated heterocycles. The van der Waals surface area contributed by atoms with E-state index in [1.807, 2.05) is 24.4 Å². The lowest BCUT2D eigenvalue weighted by molar-refractivity contribution is 0.591. The summed E-state index contributed by atoms with van der Waals surface area (Å²) in [5.41, 5.74) is 9.20. The van der Waals surface area contributed by atoms with Crippen LogP contribution in [0.25, 0.3) is 64.6 Å². The van der Waals surface area contributed by atoms with Crippen molar-refractivity contribution in [1.29, 1.82) is 0 Å². The van der Waals surface area contributed by atoms with Gasteiger partial charge in [-0.1, -0.05) is 112 Å². The summed E-state index contributed by atoms with van der Waals surface area (Å²) in [5, 5.41) is 5.60. The van der Waals surface area contributed by atoms with E-state index in [-0.39, 0.29) is 5.41 Å². The first-order chi connectivity index (χ1) is 21.4. The molecule has 0 unspecified atom stereocenters. The Labute approximate surface area is 260 Å². The Morgan fingerprint density at radius 3 is 2.27 bits per heavy atom. The first kappa shape index (κ1) is 26.6. The van der Waals surface area contributed by atoms with Crippen LogP contribution in [0.3, 0.4) is 0 Å². The first-order valence-corrected chi connectivity index (χ1v) is 15.7. The molecule has 0 atom stereocenters. The zero-order valence-electron chi connectivity index (χ0n) is 24.8. The molecule has 8 aromatic rings. The Kier molecular flexibility index (Phi) is 6.21. The molecular weight excluding hydrogens is 557 g/mol. The second-order valence-corrected chi connectivity index (χ2v) is 13.3. The molecule has 44 heavy (non-hydrogen) atoms.